The summed E-state index contributed by atoms with van der Waals surface area (Å²) < 4.78 is 26.3. The van der Waals surface area contributed by atoms with Gasteiger partial charge < -0.3 is 5.11 Å². The maximum absolute atomic E-state index is 13.3. The Hall–Kier alpha value is -1.49. The van der Waals surface area contributed by atoms with Crippen molar-refractivity contribution in [3.63, 3.8) is 0 Å². The SMILES string of the molecule is CC(c1ccc(F)c(F)c1)N1CCCC(C)(C(=O)O)C1. The number of nitrogens with zero attached hydrogens (tertiary/aromatic N) is 1. The van der Waals surface area contributed by atoms with E-state index in [1.807, 2.05) is 11.8 Å². The van der Waals surface area contributed by atoms with Crippen LogP contribution in [-0.2, 0) is 4.79 Å². The Balaban J connectivity index is 2.18. The number of carboxylic acids is 1. The van der Waals surface area contributed by atoms with Gasteiger partial charge in [0.1, 0.15) is 0 Å². The van der Waals surface area contributed by atoms with E-state index in [1.54, 1.807) is 13.0 Å². The zero-order chi connectivity index (χ0) is 14.9. The Morgan fingerprint density at radius 2 is 2.10 bits per heavy atom. The van der Waals surface area contributed by atoms with Crippen molar-refractivity contribution in [2.45, 2.75) is 32.7 Å². The average molecular weight is 283 g/mol. The molecule has 0 amide bonds. The summed E-state index contributed by atoms with van der Waals surface area (Å²) in [5.74, 6) is -2.54. The molecule has 0 bridgehead atoms. The summed E-state index contributed by atoms with van der Waals surface area (Å²) in [6.07, 6.45) is 1.43. The summed E-state index contributed by atoms with van der Waals surface area (Å²) >= 11 is 0. The van der Waals surface area contributed by atoms with E-state index in [0.717, 1.165) is 19.0 Å². The van der Waals surface area contributed by atoms with Crippen LogP contribution in [0, 0.1) is 17.0 Å². The Bertz CT molecular complexity index is 521. The van der Waals surface area contributed by atoms with Crippen molar-refractivity contribution in [1.82, 2.24) is 4.90 Å². The topological polar surface area (TPSA) is 40.5 Å². The molecule has 5 heteroatoms. The predicted molar refractivity (Wildman–Crippen MR) is 71.3 cm³/mol. The third-order valence-electron chi connectivity index (χ3n) is 4.22. The van der Waals surface area contributed by atoms with Gasteiger partial charge >= 0.3 is 5.97 Å². The number of carbonyl (C=O) groups is 1. The second-order valence-corrected chi connectivity index (χ2v) is 5.79. The van der Waals surface area contributed by atoms with Crippen LogP contribution in [-0.4, -0.2) is 29.1 Å². The number of hydrogen-bond acceptors (Lipinski definition) is 2. The predicted octanol–water partition coefficient (Wildman–Crippen LogP) is 3.21. The van der Waals surface area contributed by atoms with E-state index in [-0.39, 0.29) is 6.04 Å². The second kappa shape index (κ2) is 5.48. The minimum absolute atomic E-state index is 0.135. The minimum Gasteiger partial charge on any atom is -0.481 e. The van der Waals surface area contributed by atoms with E-state index in [4.69, 9.17) is 0 Å². The van der Waals surface area contributed by atoms with Gasteiger partial charge in [-0.2, -0.15) is 0 Å². The molecule has 0 saturated carbocycles. The highest BCUT2D eigenvalue weighted by Crippen LogP contribution is 2.34. The zero-order valence-corrected chi connectivity index (χ0v) is 11.7. The Morgan fingerprint density at radius 3 is 2.70 bits per heavy atom. The van der Waals surface area contributed by atoms with Crippen LogP contribution in [0.1, 0.15) is 38.3 Å². The Morgan fingerprint density at radius 1 is 1.40 bits per heavy atom. The van der Waals surface area contributed by atoms with Gasteiger partial charge in [-0.05, 0) is 50.9 Å². The molecule has 1 aromatic carbocycles. The monoisotopic (exact) mass is 283 g/mol. The molecule has 1 N–H and O–H groups in total. The quantitative estimate of drug-likeness (QED) is 0.926. The lowest BCUT2D eigenvalue weighted by molar-refractivity contribution is -0.151. The molecule has 110 valence electrons. The fourth-order valence-electron chi connectivity index (χ4n) is 2.77. The first-order valence-corrected chi connectivity index (χ1v) is 6.76. The lowest BCUT2D eigenvalue weighted by Crippen LogP contribution is -2.46. The molecular weight excluding hydrogens is 264 g/mol. The van der Waals surface area contributed by atoms with Crippen molar-refractivity contribution in [3.8, 4) is 0 Å². The smallest absolute Gasteiger partial charge is 0.310 e. The van der Waals surface area contributed by atoms with Crippen LogP contribution < -0.4 is 0 Å². The maximum Gasteiger partial charge on any atom is 0.310 e. The highest BCUT2D eigenvalue weighted by molar-refractivity contribution is 5.74. The van der Waals surface area contributed by atoms with Crippen LogP contribution in [0.5, 0.6) is 0 Å². The molecule has 2 unspecified atom stereocenters. The van der Waals surface area contributed by atoms with Crippen molar-refractivity contribution in [1.29, 1.82) is 0 Å². The lowest BCUT2D eigenvalue weighted by atomic mass is 9.81. The maximum atomic E-state index is 13.3. The van der Waals surface area contributed by atoms with Gasteiger partial charge in [0.2, 0.25) is 0 Å². The first-order valence-electron chi connectivity index (χ1n) is 6.76. The molecule has 1 aliphatic rings. The van der Waals surface area contributed by atoms with Crippen molar-refractivity contribution in [3.05, 3.63) is 35.4 Å². The number of aliphatic carboxylic acids is 1. The summed E-state index contributed by atoms with van der Waals surface area (Å²) in [5, 5.41) is 9.31. The number of halogens is 2. The fourth-order valence-corrected chi connectivity index (χ4v) is 2.77. The molecule has 3 nitrogen and oxygen atoms in total. The summed E-state index contributed by atoms with van der Waals surface area (Å²) in [6, 6.07) is 3.72. The van der Waals surface area contributed by atoms with E-state index < -0.39 is 23.0 Å². The molecular formula is C15H19F2NO2. The van der Waals surface area contributed by atoms with Crippen LogP contribution in [0.4, 0.5) is 8.78 Å². The van der Waals surface area contributed by atoms with Gasteiger partial charge in [-0.25, -0.2) is 8.78 Å². The van der Waals surface area contributed by atoms with Gasteiger partial charge in [-0.15, -0.1) is 0 Å². The van der Waals surface area contributed by atoms with Gasteiger partial charge in [0.25, 0.3) is 0 Å². The molecule has 1 heterocycles. The van der Waals surface area contributed by atoms with Gasteiger partial charge in [0.05, 0.1) is 5.41 Å². The minimum atomic E-state index is -0.868. The number of carboxylic acid groups (broad SMARTS) is 1. The fraction of sp³-hybridized carbons (Fsp3) is 0.533. The molecule has 1 fully saturated rings. The molecule has 0 aliphatic carbocycles. The van der Waals surface area contributed by atoms with E-state index in [9.17, 15) is 18.7 Å². The molecule has 20 heavy (non-hydrogen) atoms. The van der Waals surface area contributed by atoms with Crippen LogP contribution in [0.2, 0.25) is 0 Å². The summed E-state index contributed by atoms with van der Waals surface area (Å²) in [7, 11) is 0. The van der Waals surface area contributed by atoms with Crippen LogP contribution in [0.25, 0.3) is 0 Å². The van der Waals surface area contributed by atoms with Crippen LogP contribution in [0.15, 0.2) is 18.2 Å². The number of benzene rings is 1. The van der Waals surface area contributed by atoms with Gasteiger partial charge in [0, 0.05) is 12.6 Å². The van der Waals surface area contributed by atoms with Gasteiger partial charge in [-0.3, -0.25) is 9.69 Å². The number of piperidine rings is 1. The summed E-state index contributed by atoms with van der Waals surface area (Å²) in [6.45, 7) is 4.81. The third kappa shape index (κ3) is 2.82. The van der Waals surface area contributed by atoms with E-state index in [0.29, 0.717) is 18.5 Å². The summed E-state index contributed by atoms with van der Waals surface area (Å²) in [4.78, 5) is 13.4. The molecule has 1 saturated heterocycles. The standard InChI is InChI=1S/C15H19F2NO2/c1-10(11-4-5-12(16)13(17)8-11)18-7-3-6-15(2,9-18)14(19)20/h4-5,8,10H,3,6-7,9H2,1-2H3,(H,19,20). The average Bonchev–Trinajstić information content (AvgIpc) is 2.41. The number of hydrogen-bond donors (Lipinski definition) is 1. The normalized spacial score (nSPS) is 25.4. The molecule has 2 rings (SSSR count). The van der Waals surface area contributed by atoms with Gasteiger partial charge in [0.15, 0.2) is 11.6 Å². The first-order chi connectivity index (χ1) is 9.33. The van der Waals surface area contributed by atoms with Crippen molar-refractivity contribution >= 4 is 5.97 Å². The largest absolute Gasteiger partial charge is 0.481 e. The highest BCUT2D eigenvalue weighted by Gasteiger charge is 2.39. The molecule has 2 atom stereocenters. The zero-order valence-electron chi connectivity index (χ0n) is 11.7. The molecule has 0 spiro atoms. The van der Waals surface area contributed by atoms with Crippen LogP contribution >= 0.6 is 0 Å². The number of rotatable bonds is 3. The third-order valence-corrected chi connectivity index (χ3v) is 4.22. The molecule has 0 radical (unpaired) electrons. The molecule has 0 aromatic heterocycles. The van der Waals surface area contributed by atoms with Crippen LogP contribution in [0.3, 0.4) is 0 Å². The number of likely N-dealkylation sites (tertiary alicyclic amines) is 1. The van der Waals surface area contributed by atoms with E-state index in [1.165, 1.54) is 6.07 Å². The molecule has 1 aliphatic heterocycles. The van der Waals surface area contributed by atoms with Crippen molar-refractivity contribution in [2.24, 2.45) is 5.41 Å². The van der Waals surface area contributed by atoms with Crippen molar-refractivity contribution < 1.29 is 18.7 Å². The highest BCUT2D eigenvalue weighted by atomic mass is 19.2. The second-order valence-electron chi connectivity index (χ2n) is 5.79. The molecule has 1 aromatic rings. The Kier molecular flexibility index (Phi) is 4.09. The van der Waals surface area contributed by atoms with E-state index in [2.05, 4.69) is 0 Å². The Labute approximate surface area is 117 Å². The van der Waals surface area contributed by atoms with Crippen molar-refractivity contribution in [2.75, 3.05) is 13.1 Å². The lowest BCUT2D eigenvalue weighted by Gasteiger charge is -2.40. The first kappa shape index (κ1) is 14.9. The summed E-state index contributed by atoms with van der Waals surface area (Å²) in [5.41, 5.74) is -0.107. The van der Waals surface area contributed by atoms with Gasteiger partial charge in [-0.1, -0.05) is 6.07 Å². The van der Waals surface area contributed by atoms with E-state index >= 15 is 0 Å².